The molecule has 0 radical (unpaired) electrons. The van der Waals surface area contributed by atoms with Crippen molar-refractivity contribution in [2.75, 3.05) is 13.1 Å². The second-order valence-corrected chi connectivity index (χ2v) is 6.62. The number of nitrogens with zero attached hydrogens (tertiary/aromatic N) is 3. The topological polar surface area (TPSA) is 54.2 Å². The summed E-state index contributed by atoms with van der Waals surface area (Å²) >= 11 is 0. The lowest BCUT2D eigenvalue weighted by Crippen LogP contribution is -2.42. The highest BCUT2D eigenvalue weighted by atomic mass is 15.3. The van der Waals surface area contributed by atoms with Gasteiger partial charge in [-0.25, -0.2) is 0 Å². The largest absolute Gasteiger partial charge is 0.357 e. The van der Waals surface area contributed by atoms with Gasteiger partial charge in [-0.1, -0.05) is 37.3 Å². The Morgan fingerprint density at radius 2 is 2.00 bits per heavy atom. The summed E-state index contributed by atoms with van der Waals surface area (Å²) in [5.74, 6) is 1.34. The highest BCUT2D eigenvalue weighted by molar-refractivity contribution is 5.80. The van der Waals surface area contributed by atoms with Crippen LogP contribution in [0.15, 0.2) is 53.8 Å². The minimum Gasteiger partial charge on any atom is -0.357 e. The average molecular weight is 342 g/mol. The molecule has 2 aromatic rings. The van der Waals surface area contributed by atoms with Crippen molar-refractivity contribution in [2.45, 2.75) is 46.2 Å². The van der Waals surface area contributed by atoms with Crippen molar-refractivity contribution in [1.82, 2.24) is 20.4 Å². The number of hydrogen-bond donors (Lipinski definition) is 2. The molecule has 0 saturated heterocycles. The Morgan fingerprint density at radius 3 is 2.68 bits per heavy atom. The van der Waals surface area contributed by atoms with Crippen molar-refractivity contribution in [2.24, 2.45) is 10.9 Å². The lowest BCUT2D eigenvalue weighted by Gasteiger charge is -2.18. The second kappa shape index (κ2) is 10.5. The first kappa shape index (κ1) is 19.0. The van der Waals surface area contributed by atoms with Crippen molar-refractivity contribution in [3.05, 3.63) is 54.4 Å². The number of nitrogens with one attached hydrogen (secondary N) is 2. The van der Waals surface area contributed by atoms with Crippen LogP contribution in [0.3, 0.4) is 0 Å². The summed E-state index contributed by atoms with van der Waals surface area (Å²) in [4.78, 5) is 4.74. The molecule has 0 aliphatic heterocycles. The van der Waals surface area contributed by atoms with Crippen LogP contribution in [0.25, 0.3) is 0 Å². The number of benzene rings is 1. The van der Waals surface area contributed by atoms with Gasteiger partial charge in [-0.05, 0) is 44.2 Å². The fourth-order valence-electron chi connectivity index (χ4n) is 2.69. The molecule has 5 nitrogen and oxygen atoms in total. The Kier molecular flexibility index (Phi) is 8.02. The van der Waals surface area contributed by atoms with Crippen LogP contribution in [0.1, 0.15) is 32.8 Å². The number of aromatic nitrogens is 2. The van der Waals surface area contributed by atoms with Crippen LogP contribution >= 0.6 is 0 Å². The molecule has 0 fully saturated rings. The fourth-order valence-corrected chi connectivity index (χ4v) is 2.69. The number of aliphatic imine (C=N–C) groups is 1. The van der Waals surface area contributed by atoms with Crippen LogP contribution in [0, 0.1) is 5.92 Å². The summed E-state index contributed by atoms with van der Waals surface area (Å²) in [5, 5.41) is 11.1. The SMILES string of the molecule is CCNC(=NCC(C)Cn1cccn1)NC(C)CCc1ccccc1. The van der Waals surface area contributed by atoms with E-state index in [2.05, 4.69) is 66.8 Å². The summed E-state index contributed by atoms with van der Waals surface area (Å²) in [6, 6.07) is 13.0. The standard InChI is InChI=1S/C20H31N5/c1-4-21-20(22-15-17(2)16-25-14-8-13-23-25)24-18(3)11-12-19-9-6-5-7-10-19/h5-10,13-14,17-18H,4,11-12,15-16H2,1-3H3,(H2,21,22,24). The summed E-state index contributed by atoms with van der Waals surface area (Å²) in [6.45, 7) is 9.04. The van der Waals surface area contributed by atoms with Crippen LogP contribution in [0.5, 0.6) is 0 Å². The van der Waals surface area contributed by atoms with Crippen LogP contribution < -0.4 is 10.6 Å². The minimum atomic E-state index is 0.374. The van der Waals surface area contributed by atoms with Crippen LogP contribution in [-0.2, 0) is 13.0 Å². The van der Waals surface area contributed by atoms with E-state index in [1.54, 1.807) is 0 Å². The maximum Gasteiger partial charge on any atom is 0.191 e. The van der Waals surface area contributed by atoms with E-state index in [-0.39, 0.29) is 0 Å². The molecule has 5 heteroatoms. The van der Waals surface area contributed by atoms with Crippen LogP contribution in [0.2, 0.25) is 0 Å². The van der Waals surface area contributed by atoms with E-state index in [4.69, 9.17) is 4.99 Å². The van der Waals surface area contributed by atoms with Gasteiger partial charge in [0.25, 0.3) is 0 Å². The lowest BCUT2D eigenvalue weighted by atomic mass is 10.1. The molecule has 2 unspecified atom stereocenters. The first-order chi connectivity index (χ1) is 12.2. The maximum atomic E-state index is 4.74. The molecule has 2 rings (SSSR count). The van der Waals surface area contributed by atoms with Gasteiger partial charge in [0.15, 0.2) is 5.96 Å². The van der Waals surface area contributed by atoms with Crippen LogP contribution in [0.4, 0.5) is 0 Å². The van der Waals surface area contributed by atoms with Gasteiger partial charge >= 0.3 is 0 Å². The van der Waals surface area contributed by atoms with Gasteiger partial charge in [0.2, 0.25) is 0 Å². The Hall–Kier alpha value is -2.30. The number of rotatable bonds is 9. The first-order valence-electron chi connectivity index (χ1n) is 9.23. The molecule has 1 aromatic carbocycles. The third-order valence-electron chi connectivity index (χ3n) is 4.06. The number of aryl methyl sites for hydroxylation is 1. The van der Waals surface area contributed by atoms with E-state index < -0.39 is 0 Å². The summed E-state index contributed by atoms with van der Waals surface area (Å²) < 4.78 is 1.96. The third kappa shape index (κ3) is 7.42. The van der Waals surface area contributed by atoms with Gasteiger partial charge in [-0.15, -0.1) is 0 Å². The van der Waals surface area contributed by atoms with Gasteiger partial charge in [-0.3, -0.25) is 9.67 Å². The average Bonchev–Trinajstić information content (AvgIpc) is 3.12. The maximum absolute atomic E-state index is 4.74. The molecular weight excluding hydrogens is 310 g/mol. The Labute approximate surface area is 151 Å². The van der Waals surface area contributed by atoms with Gasteiger partial charge in [0.05, 0.1) is 0 Å². The van der Waals surface area contributed by atoms with Crippen LogP contribution in [-0.4, -0.2) is 34.9 Å². The molecule has 136 valence electrons. The molecule has 2 atom stereocenters. The van der Waals surface area contributed by atoms with Crippen molar-refractivity contribution < 1.29 is 0 Å². The molecule has 1 heterocycles. The number of hydrogen-bond acceptors (Lipinski definition) is 2. The Balaban J connectivity index is 1.79. The normalized spacial score (nSPS) is 14.1. The zero-order chi connectivity index (χ0) is 17.9. The molecular formula is C20H31N5. The number of guanidine groups is 1. The van der Waals surface area contributed by atoms with E-state index in [1.807, 2.05) is 23.1 Å². The molecule has 0 spiro atoms. The second-order valence-electron chi connectivity index (χ2n) is 6.62. The Bertz CT molecular complexity index is 606. The minimum absolute atomic E-state index is 0.374. The summed E-state index contributed by atoms with van der Waals surface area (Å²) in [7, 11) is 0. The Morgan fingerprint density at radius 1 is 1.20 bits per heavy atom. The molecule has 0 amide bonds. The quantitative estimate of drug-likeness (QED) is 0.544. The van der Waals surface area contributed by atoms with E-state index in [9.17, 15) is 0 Å². The molecule has 0 aliphatic carbocycles. The first-order valence-corrected chi connectivity index (χ1v) is 9.23. The fraction of sp³-hybridized carbons (Fsp3) is 0.500. The monoisotopic (exact) mass is 341 g/mol. The molecule has 0 aliphatic rings. The van der Waals surface area contributed by atoms with Gasteiger partial charge in [0, 0.05) is 38.1 Å². The highest BCUT2D eigenvalue weighted by Gasteiger charge is 2.07. The summed E-state index contributed by atoms with van der Waals surface area (Å²) in [5.41, 5.74) is 1.38. The molecule has 25 heavy (non-hydrogen) atoms. The van der Waals surface area contributed by atoms with E-state index >= 15 is 0 Å². The molecule has 2 N–H and O–H groups in total. The predicted octanol–water partition coefficient (Wildman–Crippen LogP) is 3.10. The van der Waals surface area contributed by atoms with Crippen molar-refractivity contribution in [1.29, 1.82) is 0 Å². The van der Waals surface area contributed by atoms with Crippen molar-refractivity contribution >= 4 is 5.96 Å². The summed E-state index contributed by atoms with van der Waals surface area (Å²) in [6.07, 6.45) is 5.97. The van der Waals surface area contributed by atoms with Crippen molar-refractivity contribution in [3.63, 3.8) is 0 Å². The molecule has 0 bridgehead atoms. The highest BCUT2D eigenvalue weighted by Crippen LogP contribution is 2.05. The third-order valence-corrected chi connectivity index (χ3v) is 4.06. The van der Waals surface area contributed by atoms with Gasteiger partial charge in [0.1, 0.15) is 0 Å². The van der Waals surface area contributed by atoms with E-state index in [0.29, 0.717) is 12.0 Å². The van der Waals surface area contributed by atoms with Gasteiger partial charge < -0.3 is 10.6 Å². The van der Waals surface area contributed by atoms with Crippen molar-refractivity contribution in [3.8, 4) is 0 Å². The zero-order valence-corrected chi connectivity index (χ0v) is 15.7. The predicted molar refractivity (Wildman–Crippen MR) is 105 cm³/mol. The van der Waals surface area contributed by atoms with Gasteiger partial charge in [-0.2, -0.15) is 5.10 Å². The van der Waals surface area contributed by atoms with E-state index in [1.165, 1.54) is 5.56 Å². The van der Waals surface area contributed by atoms with E-state index in [0.717, 1.165) is 38.4 Å². The smallest absolute Gasteiger partial charge is 0.191 e. The molecule has 1 aromatic heterocycles. The molecule has 0 saturated carbocycles. The lowest BCUT2D eigenvalue weighted by molar-refractivity contribution is 0.457. The zero-order valence-electron chi connectivity index (χ0n) is 15.7.